The van der Waals surface area contributed by atoms with E-state index in [1.807, 2.05) is 37.8 Å². The quantitative estimate of drug-likeness (QED) is 0.419. The first-order valence-electron chi connectivity index (χ1n) is 11.4. The van der Waals surface area contributed by atoms with E-state index in [0.717, 1.165) is 21.9 Å². The van der Waals surface area contributed by atoms with Gasteiger partial charge in [-0.25, -0.2) is 9.78 Å². The van der Waals surface area contributed by atoms with Crippen LogP contribution in [0.4, 0.5) is 15.6 Å². The molecule has 35 heavy (non-hydrogen) atoms. The van der Waals surface area contributed by atoms with Gasteiger partial charge < -0.3 is 9.64 Å². The van der Waals surface area contributed by atoms with Crippen LogP contribution in [0.15, 0.2) is 28.6 Å². The number of fused-ring (bicyclic) bond motifs is 2. The number of thioether (sulfide) groups is 1. The molecule has 1 atom stereocenters. The molecule has 188 valence electrons. The average molecular weight is 537 g/mol. The Morgan fingerprint density at radius 2 is 2.06 bits per heavy atom. The summed E-state index contributed by atoms with van der Waals surface area (Å²) in [5.74, 6) is 0.368. The molecule has 11 heteroatoms. The van der Waals surface area contributed by atoms with E-state index in [4.69, 9.17) is 16.3 Å². The topological polar surface area (TPSA) is 91.8 Å². The standard InChI is InChI=1S/C24H29ClN4O4S2/c1-15(30)28-9-8-24(13-28)14-29(18-6-5-16(25)11-17(18)24)22(32)27-21-26-12-20(35-21)34-10-7-19(31)33-23(2,3)4/h5-6,11-12H,7-10,13-14H2,1-4H3,(H,26,27,32). The number of aromatic nitrogens is 1. The fourth-order valence-electron chi connectivity index (χ4n) is 4.48. The molecule has 2 aliphatic rings. The summed E-state index contributed by atoms with van der Waals surface area (Å²) in [5.41, 5.74) is 0.988. The zero-order valence-corrected chi connectivity index (χ0v) is 22.6. The van der Waals surface area contributed by atoms with Crippen LogP contribution >= 0.6 is 34.7 Å². The van der Waals surface area contributed by atoms with Crippen molar-refractivity contribution in [2.75, 3.05) is 35.6 Å². The van der Waals surface area contributed by atoms with Gasteiger partial charge >= 0.3 is 12.0 Å². The lowest BCUT2D eigenvalue weighted by atomic mass is 9.81. The van der Waals surface area contributed by atoms with Crippen molar-refractivity contribution in [3.8, 4) is 0 Å². The van der Waals surface area contributed by atoms with E-state index in [2.05, 4.69) is 10.3 Å². The maximum absolute atomic E-state index is 13.3. The molecule has 0 aliphatic carbocycles. The minimum absolute atomic E-state index is 0.0350. The highest BCUT2D eigenvalue weighted by atomic mass is 35.5. The Labute approximate surface area is 218 Å². The maximum Gasteiger partial charge on any atom is 0.328 e. The third-order valence-corrected chi connectivity index (χ3v) is 8.34. The second-order valence-corrected chi connectivity index (χ2v) is 12.7. The van der Waals surface area contributed by atoms with Crippen molar-refractivity contribution in [1.82, 2.24) is 9.88 Å². The number of benzene rings is 1. The fraction of sp³-hybridized carbons (Fsp3) is 0.500. The van der Waals surface area contributed by atoms with E-state index in [1.165, 1.54) is 23.1 Å². The number of urea groups is 1. The predicted molar refractivity (Wildman–Crippen MR) is 140 cm³/mol. The number of esters is 1. The maximum atomic E-state index is 13.3. The highest BCUT2D eigenvalue weighted by Crippen LogP contribution is 2.47. The number of rotatable bonds is 5. The number of carbonyl (C=O) groups is 3. The monoisotopic (exact) mass is 536 g/mol. The number of nitrogens with one attached hydrogen (secondary N) is 1. The Morgan fingerprint density at radius 3 is 2.74 bits per heavy atom. The number of anilines is 2. The first-order chi connectivity index (χ1) is 16.5. The summed E-state index contributed by atoms with van der Waals surface area (Å²) in [6.45, 7) is 8.80. The first-order valence-corrected chi connectivity index (χ1v) is 13.6. The van der Waals surface area contributed by atoms with Gasteiger partial charge in [-0.3, -0.25) is 19.8 Å². The minimum Gasteiger partial charge on any atom is -0.460 e. The van der Waals surface area contributed by atoms with Gasteiger partial charge in [0.1, 0.15) is 5.60 Å². The van der Waals surface area contributed by atoms with Gasteiger partial charge in [0.05, 0.1) is 16.8 Å². The van der Waals surface area contributed by atoms with Gasteiger partial charge in [-0.2, -0.15) is 0 Å². The van der Waals surface area contributed by atoms with Crippen LogP contribution in [0.2, 0.25) is 5.02 Å². The van der Waals surface area contributed by atoms with Crippen molar-refractivity contribution in [3.63, 3.8) is 0 Å². The lowest BCUT2D eigenvalue weighted by Gasteiger charge is -2.25. The van der Waals surface area contributed by atoms with E-state index in [-0.39, 0.29) is 23.3 Å². The summed E-state index contributed by atoms with van der Waals surface area (Å²) in [4.78, 5) is 45.0. The molecule has 2 aromatic rings. The first kappa shape index (κ1) is 25.8. The lowest BCUT2D eigenvalue weighted by Crippen LogP contribution is -2.41. The van der Waals surface area contributed by atoms with Crippen LogP contribution in [0.25, 0.3) is 0 Å². The van der Waals surface area contributed by atoms with Crippen LogP contribution in [0.1, 0.15) is 46.1 Å². The third kappa shape index (κ3) is 5.92. The van der Waals surface area contributed by atoms with Crippen molar-refractivity contribution in [3.05, 3.63) is 35.0 Å². The molecule has 1 aromatic heterocycles. The van der Waals surface area contributed by atoms with Crippen LogP contribution in [-0.4, -0.2) is 58.8 Å². The van der Waals surface area contributed by atoms with Gasteiger partial charge in [-0.15, -0.1) is 11.8 Å². The summed E-state index contributed by atoms with van der Waals surface area (Å²) >= 11 is 9.16. The Bertz CT molecular complexity index is 1150. The molecule has 2 aliphatic heterocycles. The summed E-state index contributed by atoms with van der Waals surface area (Å²) in [6, 6.07) is 5.28. The highest BCUT2D eigenvalue weighted by Gasteiger charge is 2.49. The number of hydrogen-bond acceptors (Lipinski definition) is 7. The molecule has 1 N–H and O–H groups in total. The molecular formula is C24H29ClN4O4S2. The molecule has 1 spiro atoms. The van der Waals surface area contributed by atoms with Gasteiger partial charge in [0.2, 0.25) is 5.91 Å². The summed E-state index contributed by atoms with van der Waals surface area (Å²) in [6.07, 6.45) is 2.77. The Hall–Kier alpha value is -2.30. The number of halogens is 1. The molecule has 4 rings (SSSR count). The smallest absolute Gasteiger partial charge is 0.328 e. The number of amides is 3. The second kappa shape index (κ2) is 9.99. The molecule has 8 nitrogen and oxygen atoms in total. The number of carbonyl (C=O) groups excluding carboxylic acids is 3. The summed E-state index contributed by atoms with van der Waals surface area (Å²) in [5, 5.41) is 4.01. The fourth-order valence-corrected chi connectivity index (χ4v) is 6.51. The van der Waals surface area contributed by atoms with Gasteiger partial charge in [0, 0.05) is 48.4 Å². The number of hydrogen-bond donors (Lipinski definition) is 1. The van der Waals surface area contributed by atoms with Gasteiger partial charge in [0.25, 0.3) is 0 Å². The summed E-state index contributed by atoms with van der Waals surface area (Å²) < 4.78 is 6.23. The van der Waals surface area contributed by atoms with Gasteiger partial charge in [-0.1, -0.05) is 22.9 Å². The van der Waals surface area contributed by atoms with Gasteiger partial charge in [-0.05, 0) is 51.0 Å². The van der Waals surface area contributed by atoms with Crippen molar-refractivity contribution in [2.24, 2.45) is 0 Å². The normalized spacial score (nSPS) is 19.2. The molecular weight excluding hydrogens is 508 g/mol. The SMILES string of the molecule is CC(=O)N1CCC2(C1)CN(C(=O)Nc1ncc(SCCC(=O)OC(C)(C)C)s1)c1ccc(Cl)cc12. The van der Waals surface area contributed by atoms with Crippen LogP contribution in [0.5, 0.6) is 0 Å². The molecule has 1 saturated heterocycles. The van der Waals surface area contributed by atoms with Crippen molar-refractivity contribution < 1.29 is 19.1 Å². The van der Waals surface area contributed by atoms with Crippen LogP contribution in [0.3, 0.4) is 0 Å². The largest absolute Gasteiger partial charge is 0.460 e. The van der Waals surface area contributed by atoms with E-state index < -0.39 is 5.60 Å². The molecule has 3 heterocycles. The Morgan fingerprint density at radius 1 is 1.29 bits per heavy atom. The second-order valence-electron chi connectivity index (χ2n) is 9.82. The van der Waals surface area contributed by atoms with Crippen molar-refractivity contribution in [2.45, 2.75) is 55.8 Å². The molecule has 1 aromatic carbocycles. The number of thiazole rings is 1. The summed E-state index contributed by atoms with van der Waals surface area (Å²) in [7, 11) is 0. The molecule has 0 bridgehead atoms. The lowest BCUT2D eigenvalue weighted by molar-refractivity contribution is -0.154. The van der Waals surface area contributed by atoms with Crippen molar-refractivity contribution in [1.29, 1.82) is 0 Å². The van der Waals surface area contributed by atoms with Crippen molar-refractivity contribution >= 4 is 63.4 Å². The average Bonchev–Trinajstić information content (AvgIpc) is 3.46. The van der Waals surface area contributed by atoms with Crippen LogP contribution < -0.4 is 10.2 Å². The molecule has 0 radical (unpaired) electrons. The predicted octanol–water partition coefficient (Wildman–Crippen LogP) is 5.16. The van der Waals surface area contributed by atoms with E-state index in [9.17, 15) is 14.4 Å². The Kier molecular flexibility index (Phi) is 7.36. The van der Waals surface area contributed by atoms with E-state index >= 15 is 0 Å². The van der Waals surface area contributed by atoms with Crippen LogP contribution in [-0.2, 0) is 19.7 Å². The van der Waals surface area contributed by atoms with Gasteiger partial charge in [0.15, 0.2) is 5.13 Å². The molecule has 1 unspecified atom stereocenters. The minimum atomic E-state index is -0.495. The number of likely N-dealkylation sites (tertiary alicyclic amines) is 1. The van der Waals surface area contributed by atoms with Crippen LogP contribution in [0, 0.1) is 0 Å². The van der Waals surface area contributed by atoms with E-state index in [1.54, 1.807) is 24.1 Å². The number of ether oxygens (including phenoxy) is 1. The third-order valence-electron chi connectivity index (χ3n) is 5.99. The zero-order valence-electron chi connectivity index (χ0n) is 20.2. The number of nitrogens with zero attached hydrogens (tertiary/aromatic N) is 3. The van der Waals surface area contributed by atoms with E-state index in [0.29, 0.717) is 42.0 Å². The molecule has 3 amide bonds. The zero-order chi connectivity index (χ0) is 25.4. The Balaban J connectivity index is 1.40. The highest BCUT2D eigenvalue weighted by molar-refractivity contribution is 8.01. The molecule has 0 saturated carbocycles. The molecule has 1 fully saturated rings.